The third kappa shape index (κ3) is 3.80. The van der Waals surface area contributed by atoms with Crippen LogP contribution in [0.3, 0.4) is 0 Å². The quantitative estimate of drug-likeness (QED) is 0.366. The van der Waals surface area contributed by atoms with Gasteiger partial charge in [-0.1, -0.05) is 5.11 Å². The molecule has 1 heterocycles. The summed E-state index contributed by atoms with van der Waals surface area (Å²) in [6.07, 6.45) is 0. The molecule has 0 aliphatic rings. The number of non-ortho nitro benzene ring substituents is 2. The minimum atomic E-state index is -0.975. The van der Waals surface area contributed by atoms with E-state index in [0.29, 0.717) is 0 Å². The maximum Gasteiger partial charge on any atom is 0.364 e. The first-order chi connectivity index (χ1) is 14.2. The molecule has 0 saturated carbocycles. The van der Waals surface area contributed by atoms with E-state index in [1.165, 1.54) is 37.3 Å². The fourth-order valence-electron chi connectivity index (χ4n) is 2.69. The number of amides is 2. The molecule has 0 fully saturated rings. The number of carbonyl (C=O) groups is 2. The zero-order valence-corrected chi connectivity index (χ0v) is 15.2. The van der Waals surface area contributed by atoms with Crippen molar-refractivity contribution >= 4 is 45.6 Å². The van der Waals surface area contributed by atoms with Crippen LogP contribution in [0, 0.1) is 20.2 Å². The molecular weight excluding hydrogens is 400 g/mol. The lowest BCUT2D eigenvalue weighted by atomic mass is 10.2. The highest BCUT2D eigenvalue weighted by Crippen LogP contribution is 2.40. The van der Waals surface area contributed by atoms with Crippen LogP contribution in [-0.2, 0) is 0 Å². The molecule has 0 aliphatic carbocycles. The summed E-state index contributed by atoms with van der Waals surface area (Å²) < 4.78 is 0.877. The summed E-state index contributed by atoms with van der Waals surface area (Å²) in [5.74, 6) is -1.21. The Morgan fingerprint density at radius 3 is 2.20 bits per heavy atom. The van der Waals surface area contributed by atoms with Gasteiger partial charge in [-0.2, -0.15) is 0 Å². The maximum atomic E-state index is 12.0. The number of fused-ring (bicyclic) bond motifs is 1. The van der Waals surface area contributed by atoms with Crippen molar-refractivity contribution in [1.82, 2.24) is 4.57 Å². The third-order valence-electron chi connectivity index (χ3n) is 4.00. The number of urea groups is 1. The molecule has 3 aromatic rings. The minimum absolute atomic E-state index is 0.0452. The van der Waals surface area contributed by atoms with Gasteiger partial charge in [0.2, 0.25) is 11.8 Å². The lowest BCUT2D eigenvalue weighted by molar-refractivity contribution is -0.385. The topological polar surface area (TPSA) is 182 Å². The highest BCUT2D eigenvalue weighted by Gasteiger charge is 2.22. The number of hydrogen-bond acceptors (Lipinski definition) is 8. The van der Waals surface area contributed by atoms with Crippen LogP contribution >= 0.6 is 0 Å². The van der Waals surface area contributed by atoms with Crippen molar-refractivity contribution in [2.24, 2.45) is 10.2 Å². The highest BCUT2D eigenvalue weighted by atomic mass is 16.6. The van der Waals surface area contributed by atoms with Gasteiger partial charge in [0, 0.05) is 42.3 Å². The zero-order valence-electron chi connectivity index (χ0n) is 15.2. The van der Waals surface area contributed by atoms with Crippen LogP contribution in [0.2, 0.25) is 0 Å². The Labute approximate surface area is 166 Å². The molecule has 30 heavy (non-hydrogen) atoms. The van der Waals surface area contributed by atoms with Crippen molar-refractivity contribution < 1.29 is 24.5 Å². The molecule has 2 aromatic carbocycles. The number of nitrogens with one attached hydrogen (secondary N) is 1. The van der Waals surface area contributed by atoms with Gasteiger partial charge in [-0.15, -0.1) is 5.11 Å². The summed E-state index contributed by atoms with van der Waals surface area (Å²) in [6, 6.07) is 7.47. The molecule has 0 atom stereocenters. The van der Waals surface area contributed by atoms with Crippen LogP contribution in [0.1, 0.15) is 11.7 Å². The summed E-state index contributed by atoms with van der Waals surface area (Å²) in [6.45, 7) is 1.17. The van der Waals surface area contributed by atoms with Crippen LogP contribution < -0.4 is 5.32 Å². The average Bonchev–Trinajstić information content (AvgIpc) is 2.97. The minimum Gasteiger partial charge on any atom is -0.493 e. The van der Waals surface area contributed by atoms with Gasteiger partial charge in [0.1, 0.15) is 0 Å². The van der Waals surface area contributed by atoms with E-state index in [9.17, 15) is 34.9 Å². The predicted molar refractivity (Wildman–Crippen MR) is 103 cm³/mol. The molecule has 13 heteroatoms. The first kappa shape index (κ1) is 20.1. The molecule has 2 N–H and O–H groups in total. The molecule has 0 aliphatic heterocycles. The number of azo groups is 1. The van der Waals surface area contributed by atoms with Crippen molar-refractivity contribution in [2.75, 3.05) is 5.32 Å². The highest BCUT2D eigenvalue weighted by molar-refractivity contribution is 6.03. The molecule has 13 nitrogen and oxygen atoms in total. The van der Waals surface area contributed by atoms with E-state index in [-0.39, 0.29) is 33.7 Å². The number of nitrogens with zero attached hydrogens (tertiary/aromatic N) is 5. The number of benzene rings is 2. The van der Waals surface area contributed by atoms with Crippen molar-refractivity contribution in [2.45, 2.75) is 6.92 Å². The molecule has 0 radical (unpaired) electrons. The maximum absolute atomic E-state index is 12.0. The molecular formula is C17H12N6O7. The Morgan fingerprint density at radius 2 is 1.63 bits per heavy atom. The van der Waals surface area contributed by atoms with E-state index in [2.05, 4.69) is 15.5 Å². The lowest BCUT2D eigenvalue weighted by Crippen LogP contribution is -2.05. The van der Waals surface area contributed by atoms with Crippen molar-refractivity contribution in [3.8, 4) is 5.88 Å². The van der Waals surface area contributed by atoms with Gasteiger partial charge in [0.05, 0.1) is 15.4 Å². The second kappa shape index (κ2) is 7.75. The van der Waals surface area contributed by atoms with Gasteiger partial charge in [-0.05, 0) is 18.2 Å². The summed E-state index contributed by atoms with van der Waals surface area (Å²) in [5, 5.41) is 41.4. The summed E-state index contributed by atoms with van der Waals surface area (Å²) in [4.78, 5) is 44.2. The molecule has 0 unspecified atom stereocenters. The molecule has 0 bridgehead atoms. The van der Waals surface area contributed by atoms with Gasteiger partial charge < -0.3 is 10.4 Å². The molecule has 152 valence electrons. The summed E-state index contributed by atoms with van der Waals surface area (Å²) >= 11 is 0. The monoisotopic (exact) mass is 412 g/mol. The number of rotatable bonds is 4. The Balaban J connectivity index is 1.94. The molecule has 1 aromatic heterocycles. The standard InChI is InChI=1S/C17H12N6O7/c1-9(24)21-14-7-6-12(23(29)30)8-13(14)15(16(21)25)19-20-17(26)18-10-2-4-11(5-3-10)22(27)28/h2-8,25H,1H3,(H,18,26). The number of anilines is 1. The Morgan fingerprint density at radius 1 is 1.03 bits per heavy atom. The number of nitro benzene ring substituents is 2. The van der Waals surface area contributed by atoms with Crippen molar-refractivity contribution in [3.05, 3.63) is 62.7 Å². The molecule has 0 spiro atoms. The Kier molecular flexibility index (Phi) is 5.18. The normalized spacial score (nSPS) is 11.0. The van der Waals surface area contributed by atoms with E-state index in [1.54, 1.807) is 0 Å². The largest absolute Gasteiger partial charge is 0.493 e. The van der Waals surface area contributed by atoms with E-state index in [1.807, 2.05) is 0 Å². The number of hydrogen-bond donors (Lipinski definition) is 2. The van der Waals surface area contributed by atoms with Crippen LogP contribution in [0.5, 0.6) is 5.88 Å². The zero-order chi connectivity index (χ0) is 22.0. The molecule has 2 amide bonds. The van der Waals surface area contributed by atoms with Crippen LogP contribution in [0.4, 0.5) is 27.5 Å². The van der Waals surface area contributed by atoms with Crippen LogP contribution in [-0.4, -0.2) is 31.5 Å². The van der Waals surface area contributed by atoms with Gasteiger partial charge in [-0.25, -0.2) is 9.36 Å². The summed E-state index contributed by atoms with van der Waals surface area (Å²) in [5.41, 5.74) is -0.429. The SMILES string of the molecule is CC(=O)n1c(O)c(N=NC(=O)Nc2ccc([N+](=O)[O-])cc2)c2cc([N+](=O)[O-])ccc21. The van der Waals surface area contributed by atoms with Gasteiger partial charge in [0.25, 0.3) is 11.4 Å². The van der Waals surface area contributed by atoms with Gasteiger partial charge in [-0.3, -0.25) is 25.0 Å². The van der Waals surface area contributed by atoms with Gasteiger partial charge in [0.15, 0.2) is 5.69 Å². The van der Waals surface area contributed by atoms with E-state index >= 15 is 0 Å². The molecule has 3 rings (SSSR count). The summed E-state index contributed by atoms with van der Waals surface area (Å²) in [7, 11) is 0. The van der Waals surface area contributed by atoms with Crippen LogP contribution in [0.15, 0.2) is 52.7 Å². The predicted octanol–water partition coefficient (Wildman–Crippen LogP) is 4.14. The second-order valence-corrected chi connectivity index (χ2v) is 5.92. The number of aromatic hydroxyl groups is 1. The van der Waals surface area contributed by atoms with Gasteiger partial charge >= 0.3 is 6.03 Å². The lowest BCUT2D eigenvalue weighted by Gasteiger charge is -2.00. The van der Waals surface area contributed by atoms with Crippen LogP contribution in [0.25, 0.3) is 10.9 Å². The smallest absolute Gasteiger partial charge is 0.364 e. The average molecular weight is 412 g/mol. The third-order valence-corrected chi connectivity index (χ3v) is 4.00. The van der Waals surface area contributed by atoms with E-state index in [0.717, 1.165) is 16.7 Å². The number of aromatic nitrogens is 1. The first-order valence-electron chi connectivity index (χ1n) is 8.19. The Bertz CT molecular complexity index is 1230. The molecule has 0 saturated heterocycles. The number of nitro groups is 2. The number of carbonyl (C=O) groups excluding carboxylic acids is 2. The van der Waals surface area contributed by atoms with E-state index < -0.39 is 27.7 Å². The Hall–Kier alpha value is -4.68. The van der Waals surface area contributed by atoms with E-state index in [4.69, 9.17) is 0 Å². The fraction of sp³-hybridized carbons (Fsp3) is 0.0588. The first-order valence-corrected chi connectivity index (χ1v) is 8.19. The fourth-order valence-corrected chi connectivity index (χ4v) is 2.69. The van der Waals surface area contributed by atoms with Crippen molar-refractivity contribution in [3.63, 3.8) is 0 Å². The second-order valence-electron chi connectivity index (χ2n) is 5.92. The van der Waals surface area contributed by atoms with Crippen molar-refractivity contribution in [1.29, 1.82) is 0 Å².